The van der Waals surface area contributed by atoms with Crippen molar-refractivity contribution in [2.24, 2.45) is 17.8 Å². The third kappa shape index (κ3) is 2.34. The van der Waals surface area contributed by atoms with Gasteiger partial charge in [-0.2, -0.15) is 0 Å². The van der Waals surface area contributed by atoms with Crippen LogP contribution in [0.2, 0.25) is 0 Å². The van der Waals surface area contributed by atoms with Crippen LogP contribution in [-0.4, -0.2) is 11.1 Å². The van der Waals surface area contributed by atoms with Crippen molar-refractivity contribution in [1.82, 2.24) is 0 Å². The smallest absolute Gasteiger partial charge is 0.306 e. The number of aliphatic carboxylic acids is 1. The lowest BCUT2D eigenvalue weighted by molar-refractivity contribution is -0.143. The molecule has 1 N–H and O–H groups in total. The molecule has 0 saturated heterocycles. The van der Waals surface area contributed by atoms with Crippen molar-refractivity contribution in [2.45, 2.75) is 44.9 Å². The zero-order chi connectivity index (χ0) is 17.0. The molecule has 1 saturated carbocycles. The van der Waals surface area contributed by atoms with Gasteiger partial charge in [-0.3, -0.25) is 4.79 Å². The molecule has 128 valence electrons. The predicted molar refractivity (Wildman–Crippen MR) is 100 cm³/mol. The van der Waals surface area contributed by atoms with Gasteiger partial charge < -0.3 is 5.11 Å². The lowest BCUT2D eigenvalue weighted by atomic mass is 9.62. The van der Waals surface area contributed by atoms with Crippen molar-refractivity contribution in [1.29, 1.82) is 0 Å². The lowest BCUT2D eigenvalue weighted by Gasteiger charge is -2.43. The number of allylic oxidation sites excluding steroid dienone is 2. The first-order valence-electron chi connectivity index (χ1n) is 9.68. The summed E-state index contributed by atoms with van der Waals surface area (Å²) in [6.45, 7) is 0. The SMILES string of the molecule is O=C(O)C1CCC2CCC3=C(CCc4c3ccc3ccccc43)C2C1. The maximum atomic E-state index is 11.5. The van der Waals surface area contributed by atoms with Gasteiger partial charge in [-0.1, -0.05) is 42.0 Å². The van der Waals surface area contributed by atoms with Gasteiger partial charge in [-0.05, 0) is 84.3 Å². The van der Waals surface area contributed by atoms with Crippen molar-refractivity contribution in [3.63, 3.8) is 0 Å². The number of benzene rings is 2. The Labute approximate surface area is 148 Å². The van der Waals surface area contributed by atoms with Crippen LogP contribution in [0, 0.1) is 17.8 Å². The Morgan fingerprint density at radius 3 is 2.72 bits per heavy atom. The van der Waals surface area contributed by atoms with Crippen LogP contribution in [0.25, 0.3) is 16.3 Å². The van der Waals surface area contributed by atoms with Crippen LogP contribution >= 0.6 is 0 Å². The van der Waals surface area contributed by atoms with Gasteiger partial charge in [0.1, 0.15) is 0 Å². The van der Waals surface area contributed by atoms with Crippen LogP contribution in [0.4, 0.5) is 0 Å². The number of fused-ring (bicyclic) bond motifs is 6. The summed E-state index contributed by atoms with van der Waals surface area (Å²) in [6.07, 6.45) is 7.49. The van der Waals surface area contributed by atoms with Crippen LogP contribution in [0.1, 0.15) is 49.7 Å². The molecule has 0 aromatic heterocycles. The third-order valence-corrected chi connectivity index (χ3v) is 6.95. The molecule has 25 heavy (non-hydrogen) atoms. The van der Waals surface area contributed by atoms with E-state index in [9.17, 15) is 9.90 Å². The summed E-state index contributed by atoms with van der Waals surface area (Å²) in [6, 6.07) is 13.3. The number of hydrogen-bond donors (Lipinski definition) is 1. The van der Waals surface area contributed by atoms with Gasteiger partial charge in [0.15, 0.2) is 0 Å². The van der Waals surface area contributed by atoms with Crippen molar-refractivity contribution >= 4 is 22.3 Å². The fourth-order valence-electron chi connectivity index (χ4n) is 5.74. The van der Waals surface area contributed by atoms with Crippen LogP contribution in [-0.2, 0) is 11.2 Å². The fourth-order valence-corrected chi connectivity index (χ4v) is 5.74. The second kappa shape index (κ2) is 5.72. The van der Waals surface area contributed by atoms with Crippen molar-refractivity contribution in [3.05, 3.63) is 53.1 Å². The molecule has 3 atom stereocenters. The molecule has 3 aliphatic rings. The Balaban J connectivity index is 1.60. The molecular formula is C23H24O2. The monoisotopic (exact) mass is 332 g/mol. The Kier molecular flexibility index (Phi) is 3.48. The third-order valence-electron chi connectivity index (χ3n) is 6.95. The topological polar surface area (TPSA) is 37.3 Å². The summed E-state index contributed by atoms with van der Waals surface area (Å²) < 4.78 is 0. The highest BCUT2D eigenvalue weighted by Crippen LogP contribution is 2.51. The van der Waals surface area contributed by atoms with Gasteiger partial charge in [-0.25, -0.2) is 0 Å². The summed E-state index contributed by atoms with van der Waals surface area (Å²) in [5.74, 6) is 0.508. The highest BCUT2D eigenvalue weighted by atomic mass is 16.4. The predicted octanol–water partition coefficient (Wildman–Crippen LogP) is 5.45. The van der Waals surface area contributed by atoms with Gasteiger partial charge >= 0.3 is 5.97 Å². The molecule has 3 aliphatic carbocycles. The number of hydrogen-bond acceptors (Lipinski definition) is 1. The molecule has 0 amide bonds. The fraction of sp³-hybridized carbons (Fsp3) is 0.435. The van der Waals surface area contributed by atoms with Crippen LogP contribution < -0.4 is 0 Å². The molecule has 0 heterocycles. The molecule has 2 nitrogen and oxygen atoms in total. The average molecular weight is 332 g/mol. The minimum Gasteiger partial charge on any atom is -0.481 e. The number of carboxylic acids is 1. The Bertz CT molecular complexity index is 892. The van der Waals surface area contributed by atoms with Crippen molar-refractivity contribution in [2.75, 3.05) is 0 Å². The van der Waals surface area contributed by atoms with E-state index < -0.39 is 5.97 Å². The van der Waals surface area contributed by atoms with E-state index in [0.29, 0.717) is 5.92 Å². The molecule has 2 aromatic carbocycles. The molecule has 3 unspecified atom stereocenters. The van der Waals surface area contributed by atoms with E-state index in [0.717, 1.165) is 38.0 Å². The molecule has 1 fully saturated rings. The lowest BCUT2D eigenvalue weighted by Crippen LogP contribution is -2.33. The van der Waals surface area contributed by atoms with Gasteiger partial charge in [0.25, 0.3) is 0 Å². The zero-order valence-corrected chi connectivity index (χ0v) is 14.5. The first kappa shape index (κ1) is 15.2. The number of aryl methyl sites for hydroxylation is 1. The van der Waals surface area contributed by atoms with E-state index in [1.807, 2.05) is 0 Å². The van der Waals surface area contributed by atoms with Crippen LogP contribution in [0.15, 0.2) is 42.0 Å². The zero-order valence-electron chi connectivity index (χ0n) is 14.5. The van der Waals surface area contributed by atoms with E-state index in [2.05, 4.69) is 36.4 Å². The minimum absolute atomic E-state index is 0.133. The van der Waals surface area contributed by atoms with Crippen molar-refractivity contribution < 1.29 is 9.90 Å². The Morgan fingerprint density at radius 1 is 0.960 bits per heavy atom. The molecule has 0 spiro atoms. The van der Waals surface area contributed by atoms with Crippen molar-refractivity contribution in [3.8, 4) is 0 Å². The summed E-state index contributed by atoms with van der Waals surface area (Å²) >= 11 is 0. The van der Waals surface area contributed by atoms with Gasteiger partial charge in [0.2, 0.25) is 0 Å². The van der Waals surface area contributed by atoms with E-state index >= 15 is 0 Å². The normalized spacial score (nSPS) is 28.2. The Morgan fingerprint density at radius 2 is 1.84 bits per heavy atom. The molecular weight excluding hydrogens is 308 g/mol. The van der Waals surface area contributed by atoms with E-state index in [-0.39, 0.29) is 5.92 Å². The maximum absolute atomic E-state index is 11.5. The molecule has 2 aromatic rings. The first-order valence-corrected chi connectivity index (χ1v) is 9.68. The molecule has 0 bridgehead atoms. The standard InChI is InChI=1S/C23H24O2/c24-23(25)16-6-5-15-8-10-20-19-9-7-14-3-1-2-4-17(14)18(19)11-12-21(20)22(15)13-16/h1-4,7,9,15-16,22H,5-6,8,10-13H2,(H,24,25). The maximum Gasteiger partial charge on any atom is 0.306 e. The summed E-state index contributed by atoms with van der Waals surface area (Å²) in [7, 11) is 0. The first-order chi connectivity index (χ1) is 12.2. The number of carboxylic acid groups (broad SMARTS) is 1. The molecule has 0 radical (unpaired) electrons. The number of carbonyl (C=O) groups is 1. The second-order valence-corrected chi connectivity index (χ2v) is 8.07. The molecule has 5 rings (SSSR count). The summed E-state index contributed by atoms with van der Waals surface area (Å²) in [4.78, 5) is 11.5. The van der Waals surface area contributed by atoms with E-state index in [1.54, 1.807) is 11.1 Å². The average Bonchev–Trinajstić information content (AvgIpc) is 2.66. The summed E-state index contributed by atoms with van der Waals surface area (Å²) in [5.41, 5.74) is 6.13. The Hall–Kier alpha value is -2.09. The number of rotatable bonds is 1. The second-order valence-electron chi connectivity index (χ2n) is 8.07. The quantitative estimate of drug-likeness (QED) is 0.754. The van der Waals surface area contributed by atoms with Crippen LogP contribution in [0.3, 0.4) is 0 Å². The molecule has 0 aliphatic heterocycles. The van der Waals surface area contributed by atoms with Gasteiger partial charge in [0.05, 0.1) is 5.92 Å². The van der Waals surface area contributed by atoms with Gasteiger partial charge in [0, 0.05) is 0 Å². The van der Waals surface area contributed by atoms with E-state index in [4.69, 9.17) is 0 Å². The summed E-state index contributed by atoms with van der Waals surface area (Å²) in [5, 5.41) is 12.2. The minimum atomic E-state index is -0.589. The van der Waals surface area contributed by atoms with Crippen LogP contribution in [0.5, 0.6) is 0 Å². The van der Waals surface area contributed by atoms with E-state index in [1.165, 1.54) is 34.7 Å². The highest BCUT2D eigenvalue weighted by molar-refractivity contribution is 5.92. The molecule has 2 heteroatoms. The van der Waals surface area contributed by atoms with Gasteiger partial charge in [-0.15, -0.1) is 0 Å². The largest absolute Gasteiger partial charge is 0.481 e. The highest BCUT2D eigenvalue weighted by Gasteiger charge is 2.40.